The summed E-state index contributed by atoms with van der Waals surface area (Å²) < 4.78 is 27.6. The number of amides is 2. The van der Waals surface area contributed by atoms with Gasteiger partial charge in [-0.3, -0.25) is 9.59 Å². The molecule has 3 aromatic carbocycles. The van der Waals surface area contributed by atoms with Crippen LogP contribution in [-0.2, 0) is 6.42 Å². The second-order valence-electron chi connectivity index (χ2n) is 7.78. The molecule has 0 bridgehead atoms. The van der Waals surface area contributed by atoms with Crippen LogP contribution in [0.2, 0.25) is 0 Å². The Morgan fingerprint density at radius 1 is 0.909 bits per heavy atom. The van der Waals surface area contributed by atoms with Crippen LogP contribution in [0.3, 0.4) is 0 Å². The van der Waals surface area contributed by atoms with Gasteiger partial charge in [-0.2, -0.15) is 0 Å². The van der Waals surface area contributed by atoms with Gasteiger partial charge >= 0.3 is 0 Å². The van der Waals surface area contributed by atoms with Gasteiger partial charge < -0.3 is 15.6 Å². The lowest BCUT2D eigenvalue weighted by Crippen LogP contribution is -2.25. The molecule has 0 aliphatic carbocycles. The first-order valence-corrected chi connectivity index (χ1v) is 10.5. The number of fused-ring (bicyclic) bond motifs is 1. The summed E-state index contributed by atoms with van der Waals surface area (Å²) in [5.41, 5.74) is 4.60. The van der Waals surface area contributed by atoms with Gasteiger partial charge in [0, 0.05) is 41.9 Å². The Morgan fingerprint density at radius 3 is 2.39 bits per heavy atom. The van der Waals surface area contributed by atoms with Crippen molar-refractivity contribution in [2.75, 3.05) is 13.6 Å². The first-order chi connectivity index (χ1) is 15.9. The molecular formula is C26H23F2N3O2. The van der Waals surface area contributed by atoms with Gasteiger partial charge in [0.1, 0.15) is 11.6 Å². The molecule has 0 saturated heterocycles. The number of hydrogen-bond acceptors (Lipinski definition) is 2. The Kier molecular flexibility index (Phi) is 6.22. The highest BCUT2D eigenvalue weighted by atomic mass is 19.1. The van der Waals surface area contributed by atoms with Gasteiger partial charge in [0.05, 0.1) is 5.52 Å². The molecule has 0 aliphatic rings. The molecule has 33 heavy (non-hydrogen) atoms. The number of rotatable bonds is 6. The zero-order valence-electron chi connectivity index (χ0n) is 18.3. The van der Waals surface area contributed by atoms with Gasteiger partial charge in [0.25, 0.3) is 11.8 Å². The number of carbonyl (C=O) groups excluding carboxylic acids is 2. The number of aromatic nitrogens is 1. The smallest absolute Gasteiger partial charge is 0.251 e. The Labute approximate surface area is 189 Å². The highest BCUT2D eigenvalue weighted by molar-refractivity contribution is 5.96. The summed E-state index contributed by atoms with van der Waals surface area (Å²) in [7, 11) is 1.58. The number of aromatic amines is 1. The van der Waals surface area contributed by atoms with Crippen LogP contribution in [-0.4, -0.2) is 30.4 Å². The summed E-state index contributed by atoms with van der Waals surface area (Å²) in [6, 6.07) is 16.5. The van der Waals surface area contributed by atoms with Gasteiger partial charge in [0.2, 0.25) is 0 Å². The zero-order chi connectivity index (χ0) is 23.5. The number of halogens is 2. The Bertz CT molecular complexity index is 1340. The van der Waals surface area contributed by atoms with Crippen LogP contribution in [0.25, 0.3) is 22.0 Å². The molecule has 0 aliphatic heterocycles. The summed E-state index contributed by atoms with van der Waals surface area (Å²) in [5, 5.41) is 5.95. The van der Waals surface area contributed by atoms with Crippen molar-refractivity contribution in [1.82, 2.24) is 15.6 Å². The molecule has 5 nitrogen and oxygen atoms in total. The molecule has 0 saturated carbocycles. The highest BCUT2D eigenvalue weighted by Crippen LogP contribution is 2.26. The molecule has 2 amide bonds. The van der Waals surface area contributed by atoms with Crippen LogP contribution in [0.5, 0.6) is 0 Å². The summed E-state index contributed by atoms with van der Waals surface area (Å²) in [6.07, 6.45) is 0.435. The molecular weight excluding hydrogens is 424 g/mol. The lowest BCUT2D eigenvalue weighted by molar-refractivity contribution is 0.0949. The second-order valence-corrected chi connectivity index (χ2v) is 7.78. The van der Waals surface area contributed by atoms with E-state index in [9.17, 15) is 18.4 Å². The lowest BCUT2D eigenvalue weighted by Gasteiger charge is -2.08. The van der Waals surface area contributed by atoms with Crippen LogP contribution < -0.4 is 10.6 Å². The molecule has 4 rings (SSSR count). The van der Waals surface area contributed by atoms with Crippen molar-refractivity contribution in [2.24, 2.45) is 0 Å². The molecule has 0 spiro atoms. The van der Waals surface area contributed by atoms with Crippen LogP contribution in [0.4, 0.5) is 8.78 Å². The maximum atomic E-state index is 14.0. The predicted octanol–water partition coefficient (Wildman–Crippen LogP) is 4.75. The van der Waals surface area contributed by atoms with Gasteiger partial charge in [-0.25, -0.2) is 8.78 Å². The molecule has 0 atom stereocenters. The van der Waals surface area contributed by atoms with Gasteiger partial charge in [-0.1, -0.05) is 24.3 Å². The van der Waals surface area contributed by atoms with E-state index < -0.39 is 11.6 Å². The number of H-pyrrole nitrogens is 1. The van der Waals surface area contributed by atoms with E-state index in [0.717, 1.165) is 28.5 Å². The van der Waals surface area contributed by atoms with Crippen molar-refractivity contribution in [2.45, 2.75) is 13.3 Å². The predicted molar refractivity (Wildman–Crippen MR) is 124 cm³/mol. The fraction of sp³-hybridized carbons (Fsp3) is 0.154. The van der Waals surface area contributed by atoms with Crippen molar-refractivity contribution in [3.63, 3.8) is 0 Å². The third kappa shape index (κ3) is 4.62. The number of aryl methyl sites for hydroxylation is 1. The van der Waals surface area contributed by atoms with Gasteiger partial charge in [-0.15, -0.1) is 0 Å². The van der Waals surface area contributed by atoms with E-state index in [1.165, 1.54) is 6.07 Å². The Hall–Kier alpha value is -4.00. The molecule has 0 radical (unpaired) electrons. The van der Waals surface area contributed by atoms with E-state index in [0.29, 0.717) is 29.5 Å². The monoisotopic (exact) mass is 447 g/mol. The van der Waals surface area contributed by atoms with E-state index in [4.69, 9.17) is 0 Å². The zero-order valence-corrected chi connectivity index (χ0v) is 18.3. The topological polar surface area (TPSA) is 74.0 Å². The molecule has 1 aromatic heterocycles. The maximum absolute atomic E-state index is 14.0. The second kappa shape index (κ2) is 9.24. The third-order valence-electron chi connectivity index (χ3n) is 5.64. The number of benzene rings is 3. The molecule has 4 aromatic rings. The van der Waals surface area contributed by atoms with Crippen molar-refractivity contribution in [3.05, 3.63) is 94.7 Å². The summed E-state index contributed by atoms with van der Waals surface area (Å²) >= 11 is 0. The number of hydrogen-bond donors (Lipinski definition) is 3. The van der Waals surface area contributed by atoms with E-state index >= 15 is 0 Å². The molecule has 0 unspecified atom stereocenters. The first kappa shape index (κ1) is 22.2. The summed E-state index contributed by atoms with van der Waals surface area (Å²) in [5.74, 6) is -1.67. The fourth-order valence-electron chi connectivity index (χ4n) is 3.93. The third-order valence-corrected chi connectivity index (χ3v) is 5.64. The summed E-state index contributed by atoms with van der Waals surface area (Å²) in [6.45, 7) is 2.12. The van der Waals surface area contributed by atoms with E-state index in [2.05, 4.69) is 15.6 Å². The minimum atomic E-state index is -0.635. The van der Waals surface area contributed by atoms with Crippen LogP contribution >= 0.6 is 0 Å². The van der Waals surface area contributed by atoms with E-state index in [1.54, 1.807) is 38.2 Å². The van der Waals surface area contributed by atoms with Crippen molar-refractivity contribution < 1.29 is 18.4 Å². The van der Waals surface area contributed by atoms with Gasteiger partial charge in [0.15, 0.2) is 0 Å². The lowest BCUT2D eigenvalue weighted by atomic mass is 10.0. The number of carbonyl (C=O) groups is 2. The molecule has 3 N–H and O–H groups in total. The van der Waals surface area contributed by atoms with Crippen molar-refractivity contribution in [3.8, 4) is 11.1 Å². The van der Waals surface area contributed by atoms with E-state index in [1.807, 2.05) is 24.3 Å². The normalized spacial score (nSPS) is 10.9. The average Bonchev–Trinajstić information content (AvgIpc) is 3.14. The van der Waals surface area contributed by atoms with Gasteiger partial charge in [-0.05, 0) is 60.4 Å². The SMILES string of the molecule is CNC(=O)c1cccc(-c2ccc(C(=O)NCCc3c(C)[nH]c4c(F)cc(F)cc34)cc2)c1. The molecule has 0 fully saturated rings. The van der Waals surface area contributed by atoms with Crippen LogP contribution in [0, 0.1) is 18.6 Å². The molecule has 7 heteroatoms. The number of nitrogens with one attached hydrogen (secondary N) is 3. The van der Waals surface area contributed by atoms with Crippen molar-refractivity contribution in [1.29, 1.82) is 0 Å². The summed E-state index contributed by atoms with van der Waals surface area (Å²) in [4.78, 5) is 27.4. The first-order valence-electron chi connectivity index (χ1n) is 10.5. The van der Waals surface area contributed by atoms with Crippen LogP contribution in [0.1, 0.15) is 32.0 Å². The fourth-order valence-corrected chi connectivity index (χ4v) is 3.93. The minimum Gasteiger partial charge on any atom is -0.356 e. The largest absolute Gasteiger partial charge is 0.356 e. The highest BCUT2D eigenvalue weighted by Gasteiger charge is 2.14. The average molecular weight is 447 g/mol. The molecule has 1 heterocycles. The van der Waals surface area contributed by atoms with Crippen LogP contribution in [0.15, 0.2) is 60.7 Å². The molecule has 168 valence electrons. The van der Waals surface area contributed by atoms with Crippen molar-refractivity contribution >= 4 is 22.7 Å². The van der Waals surface area contributed by atoms with E-state index in [-0.39, 0.29) is 17.3 Å². The quantitative estimate of drug-likeness (QED) is 0.399. The Morgan fingerprint density at radius 2 is 1.67 bits per heavy atom. The maximum Gasteiger partial charge on any atom is 0.251 e. The Balaban J connectivity index is 1.43. The standard InChI is InChI=1S/C26H23F2N3O2/c1-15-21(22-13-20(27)14-23(28)24(22)31-15)10-11-30-26(33)17-8-6-16(7-9-17)18-4-3-5-19(12-18)25(32)29-2/h3-9,12-14,31H,10-11H2,1-2H3,(H,29,32)(H,30,33). The minimum absolute atomic E-state index is 0.163.